The summed E-state index contributed by atoms with van der Waals surface area (Å²) < 4.78 is 0. The molecule has 0 aliphatic carbocycles. The summed E-state index contributed by atoms with van der Waals surface area (Å²) in [6.45, 7) is 1.42. The van der Waals surface area contributed by atoms with Gasteiger partial charge in [-0.15, -0.1) is 0 Å². The van der Waals surface area contributed by atoms with Gasteiger partial charge in [-0.05, 0) is 12.1 Å². The lowest BCUT2D eigenvalue weighted by Crippen LogP contribution is -2.34. The summed E-state index contributed by atoms with van der Waals surface area (Å²) in [6, 6.07) is 3.21. The van der Waals surface area contributed by atoms with Gasteiger partial charge in [-0.2, -0.15) is 0 Å². The van der Waals surface area contributed by atoms with E-state index in [2.05, 4.69) is 15.7 Å². The van der Waals surface area contributed by atoms with E-state index in [1.54, 1.807) is 17.0 Å². The van der Waals surface area contributed by atoms with E-state index in [-0.39, 0.29) is 11.8 Å². The van der Waals surface area contributed by atoms with E-state index in [0.29, 0.717) is 37.4 Å². The molecule has 1 fully saturated rings. The third-order valence-electron chi connectivity index (χ3n) is 2.75. The molecule has 0 aromatic carbocycles. The van der Waals surface area contributed by atoms with Crippen LogP contribution in [0.3, 0.4) is 0 Å². The highest BCUT2D eigenvalue weighted by Gasteiger charge is 2.19. The molecule has 1 aromatic rings. The molecule has 1 aliphatic rings. The molecule has 1 saturated heterocycles. The molecule has 18 heavy (non-hydrogen) atoms. The highest BCUT2D eigenvalue weighted by atomic mass is 16.2. The number of anilines is 1. The summed E-state index contributed by atoms with van der Waals surface area (Å²) in [5.41, 5.74) is 2.90. The van der Waals surface area contributed by atoms with Crippen molar-refractivity contribution in [2.45, 2.75) is 6.42 Å². The second-order valence-corrected chi connectivity index (χ2v) is 3.97. The van der Waals surface area contributed by atoms with Crippen molar-refractivity contribution in [2.24, 2.45) is 5.84 Å². The van der Waals surface area contributed by atoms with Crippen molar-refractivity contribution in [3.8, 4) is 0 Å². The first-order chi connectivity index (χ1) is 8.70. The largest absolute Gasteiger partial charge is 0.354 e. The highest BCUT2D eigenvalue weighted by Crippen LogP contribution is 2.10. The number of hydrazine groups is 1. The summed E-state index contributed by atoms with van der Waals surface area (Å²) in [5, 5.41) is 2.73. The number of aromatic nitrogens is 1. The van der Waals surface area contributed by atoms with E-state index >= 15 is 0 Å². The quantitative estimate of drug-likeness (QED) is 0.477. The summed E-state index contributed by atoms with van der Waals surface area (Å²) in [7, 11) is 0. The molecule has 2 rings (SSSR count). The highest BCUT2D eigenvalue weighted by molar-refractivity contribution is 5.95. The molecule has 7 nitrogen and oxygen atoms in total. The van der Waals surface area contributed by atoms with Gasteiger partial charge in [0.1, 0.15) is 5.82 Å². The minimum atomic E-state index is -0.120. The minimum absolute atomic E-state index is 0.0238. The molecular formula is C11H15N5O2. The topological polar surface area (TPSA) is 100 Å². The second-order valence-electron chi connectivity index (χ2n) is 3.97. The standard InChI is InChI=1S/C11H15N5O2/c12-15-9-7-8(1-3-13-9)11(18)16-5-2-10(17)14-4-6-16/h1,3,7H,2,4-6,12H2,(H,13,15)(H,14,17). The first-order valence-corrected chi connectivity index (χ1v) is 5.69. The van der Waals surface area contributed by atoms with Crippen LogP contribution in [-0.4, -0.2) is 41.3 Å². The Hall–Kier alpha value is -2.15. The molecule has 2 heterocycles. The molecule has 0 saturated carbocycles. The van der Waals surface area contributed by atoms with Gasteiger partial charge in [0.2, 0.25) is 5.91 Å². The molecule has 0 spiro atoms. The number of hydrogen-bond donors (Lipinski definition) is 3. The summed E-state index contributed by atoms with van der Waals surface area (Å²) in [4.78, 5) is 29.0. The van der Waals surface area contributed by atoms with Crippen LogP contribution in [0, 0.1) is 0 Å². The molecule has 1 aromatic heterocycles. The predicted octanol–water partition coefficient (Wildman–Crippen LogP) is -0.671. The molecule has 96 valence electrons. The van der Waals surface area contributed by atoms with Gasteiger partial charge in [-0.25, -0.2) is 10.8 Å². The zero-order valence-electron chi connectivity index (χ0n) is 9.85. The van der Waals surface area contributed by atoms with Crippen molar-refractivity contribution >= 4 is 17.6 Å². The Morgan fingerprint density at radius 2 is 2.33 bits per heavy atom. The number of carbonyl (C=O) groups is 2. The fraction of sp³-hybridized carbons (Fsp3) is 0.364. The van der Waals surface area contributed by atoms with Crippen LogP contribution >= 0.6 is 0 Å². The number of amides is 2. The van der Waals surface area contributed by atoms with Crippen molar-refractivity contribution in [1.82, 2.24) is 15.2 Å². The lowest BCUT2D eigenvalue weighted by atomic mass is 10.2. The van der Waals surface area contributed by atoms with Crippen molar-refractivity contribution < 1.29 is 9.59 Å². The number of nitrogen functional groups attached to an aromatic ring is 1. The van der Waals surface area contributed by atoms with Gasteiger partial charge < -0.3 is 15.6 Å². The second kappa shape index (κ2) is 5.46. The number of carbonyl (C=O) groups excluding carboxylic acids is 2. The lowest BCUT2D eigenvalue weighted by molar-refractivity contribution is -0.120. The third kappa shape index (κ3) is 2.75. The Kier molecular flexibility index (Phi) is 3.73. The monoisotopic (exact) mass is 249 g/mol. The zero-order valence-corrected chi connectivity index (χ0v) is 9.85. The fourth-order valence-electron chi connectivity index (χ4n) is 1.80. The fourth-order valence-corrected chi connectivity index (χ4v) is 1.80. The smallest absolute Gasteiger partial charge is 0.254 e. The van der Waals surface area contributed by atoms with Gasteiger partial charge in [0.05, 0.1) is 0 Å². The molecular weight excluding hydrogens is 234 g/mol. The van der Waals surface area contributed by atoms with Crippen LogP contribution in [0.1, 0.15) is 16.8 Å². The van der Waals surface area contributed by atoms with E-state index in [0.717, 1.165) is 0 Å². The van der Waals surface area contributed by atoms with Crippen molar-refractivity contribution in [2.75, 3.05) is 25.1 Å². The molecule has 0 radical (unpaired) electrons. The molecule has 0 atom stereocenters. The Labute approximate surface area is 104 Å². The predicted molar refractivity (Wildman–Crippen MR) is 65.6 cm³/mol. The number of nitrogens with one attached hydrogen (secondary N) is 2. The Balaban J connectivity index is 2.12. The van der Waals surface area contributed by atoms with Crippen LogP contribution in [0.15, 0.2) is 18.3 Å². The van der Waals surface area contributed by atoms with Crippen molar-refractivity contribution in [1.29, 1.82) is 0 Å². The van der Waals surface area contributed by atoms with E-state index in [4.69, 9.17) is 5.84 Å². The van der Waals surface area contributed by atoms with Crippen LogP contribution in [0.2, 0.25) is 0 Å². The van der Waals surface area contributed by atoms with E-state index < -0.39 is 0 Å². The minimum Gasteiger partial charge on any atom is -0.354 e. The number of nitrogens with zero attached hydrogens (tertiary/aromatic N) is 2. The van der Waals surface area contributed by atoms with E-state index in [1.807, 2.05) is 0 Å². The molecule has 1 aliphatic heterocycles. The van der Waals surface area contributed by atoms with E-state index in [9.17, 15) is 9.59 Å². The SMILES string of the molecule is NNc1cc(C(=O)N2CCNC(=O)CC2)ccn1. The van der Waals surface area contributed by atoms with Gasteiger partial charge >= 0.3 is 0 Å². The van der Waals surface area contributed by atoms with Crippen LogP contribution in [0.4, 0.5) is 5.82 Å². The average Bonchev–Trinajstić information content (AvgIpc) is 2.63. The van der Waals surface area contributed by atoms with Gasteiger partial charge in [0.15, 0.2) is 0 Å². The summed E-state index contributed by atoms with van der Waals surface area (Å²) in [5.74, 6) is 5.54. The Morgan fingerprint density at radius 1 is 1.50 bits per heavy atom. The maximum atomic E-state index is 12.2. The number of rotatable bonds is 2. The number of pyridine rings is 1. The average molecular weight is 249 g/mol. The van der Waals surface area contributed by atoms with Crippen LogP contribution in [-0.2, 0) is 4.79 Å². The van der Waals surface area contributed by atoms with Gasteiger partial charge in [-0.1, -0.05) is 0 Å². The lowest BCUT2D eigenvalue weighted by Gasteiger charge is -2.19. The maximum absolute atomic E-state index is 12.2. The zero-order chi connectivity index (χ0) is 13.0. The van der Waals surface area contributed by atoms with E-state index in [1.165, 1.54) is 6.20 Å². The Morgan fingerprint density at radius 3 is 3.11 bits per heavy atom. The molecule has 0 unspecified atom stereocenters. The first kappa shape index (κ1) is 12.3. The van der Waals surface area contributed by atoms with Crippen LogP contribution in [0.5, 0.6) is 0 Å². The van der Waals surface area contributed by atoms with Gasteiger partial charge in [0.25, 0.3) is 5.91 Å². The molecule has 7 heteroatoms. The Bertz CT molecular complexity index is 463. The van der Waals surface area contributed by atoms with Gasteiger partial charge in [0, 0.05) is 37.8 Å². The summed E-state index contributed by atoms with van der Waals surface area (Å²) in [6.07, 6.45) is 1.85. The summed E-state index contributed by atoms with van der Waals surface area (Å²) >= 11 is 0. The van der Waals surface area contributed by atoms with Crippen molar-refractivity contribution in [3.63, 3.8) is 0 Å². The van der Waals surface area contributed by atoms with Gasteiger partial charge in [-0.3, -0.25) is 9.59 Å². The normalized spacial score (nSPS) is 15.8. The third-order valence-corrected chi connectivity index (χ3v) is 2.75. The van der Waals surface area contributed by atoms with Crippen molar-refractivity contribution in [3.05, 3.63) is 23.9 Å². The number of hydrogen-bond acceptors (Lipinski definition) is 5. The maximum Gasteiger partial charge on any atom is 0.254 e. The molecule has 0 bridgehead atoms. The molecule has 2 amide bonds. The first-order valence-electron chi connectivity index (χ1n) is 5.69. The number of nitrogens with two attached hydrogens (primary N) is 1. The molecule has 4 N–H and O–H groups in total. The van der Waals surface area contributed by atoms with Crippen LogP contribution in [0.25, 0.3) is 0 Å². The van der Waals surface area contributed by atoms with Crippen LogP contribution < -0.4 is 16.6 Å².